The molecule has 4 heterocycles. The Morgan fingerprint density at radius 2 is 1.39 bits per heavy atom. The molecule has 4 N–H and O–H groups in total. The van der Waals surface area contributed by atoms with Crippen molar-refractivity contribution in [1.29, 1.82) is 0 Å². The topological polar surface area (TPSA) is 189 Å². The number of esters is 2. The second-order valence-corrected chi connectivity index (χ2v) is 19.3. The molecule has 0 spiro atoms. The molecular formula is C43H66O14. The lowest BCUT2D eigenvalue weighted by Crippen LogP contribution is -2.62. The fourth-order valence-corrected chi connectivity index (χ4v) is 13.1. The number of cyclic esters (lactones) is 1. The summed E-state index contributed by atoms with van der Waals surface area (Å²) < 4.78 is 47.8. The maximum absolute atomic E-state index is 12.6. The Morgan fingerprint density at radius 1 is 0.754 bits per heavy atom. The van der Waals surface area contributed by atoms with Crippen LogP contribution in [-0.4, -0.2) is 124 Å². The summed E-state index contributed by atoms with van der Waals surface area (Å²) in [6.45, 7) is 11.7. The molecule has 0 amide bonds. The van der Waals surface area contributed by atoms with Gasteiger partial charge in [-0.3, -0.25) is 4.79 Å². The average Bonchev–Trinajstić information content (AvgIpc) is 3.69. The fraction of sp³-hybridized carbons (Fsp3) is 0.907. The average molecular weight is 807 g/mol. The first-order chi connectivity index (χ1) is 27.0. The molecule has 14 nitrogen and oxygen atoms in total. The summed E-state index contributed by atoms with van der Waals surface area (Å²) in [5.74, 6) is 0.591. The van der Waals surface area contributed by atoms with Gasteiger partial charge < -0.3 is 58.3 Å². The Morgan fingerprint density at radius 3 is 2.00 bits per heavy atom. The van der Waals surface area contributed by atoms with E-state index in [9.17, 15) is 30.0 Å². The summed E-state index contributed by atoms with van der Waals surface area (Å²) in [6, 6.07) is 0. The van der Waals surface area contributed by atoms with Gasteiger partial charge in [-0.15, -0.1) is 0 Å². The molecule has 8 rings (SSSR count). The molecule has 4 saturated carbocycles. The van der Waals surface area contributed by atoms with Crippen LogP contribution in [-0.2, 0) is 47.5 Å². The Bertz CT molecular complexity index is 1500. The molecule has 4 aliphatic heterocycles. The van der Waals surface area contributed by atoms with Crippen LogP contribution in [0.4, 0.5) is 0 Å². The van der Waals surface area contributed by atoms with Gasteiger partial charge in [0.15, 0.2) is 18.9 Å². The largest absolute Gasteiger partial charge is 0.459 e. The molecule has 7 fully saturated rings. The highest BCUT2D eigenvalue weighted by molar-refractivity contribution is 5.85. The predicted molar refractivity (Wildman–Crippen MR) is 201 cm³/mol. The van der Waals surface area contributed by atoms with Crippen LogP contribution in [0, 0.1) is 34.5 Å². The van der Waals surface area contributed by atoms with E-state index in [1.54, 1.807) is 19.9 Å². The second-order valence-electron chi connectivity index (χ2n) is 19.3. The predicted octanol–water partition coefficient (Wildman–Crippen LogP) is 3.82. The number of aliphatic hydroxyl groups excluding tert-OH is 3. The summed E-state index contributed by atoms with van der Waals surface area (Å²) in [5, 5.41) is 45.4. The zero-order chi connectivity index (χ0) is 40.6. The number of carbonyl (C=O) groups excluding carboxylic acids is 2. The van der Waals surface area contributed by atoms with Gasteiger partial charge in [0.2, 0.25) is 0 Å². The molecule has 0 aromatic carbocycles. The molecule has 0 bridgehead atoms. The molecule has 0 radical (unpaired) electrons. The standard InChI is InChI=1S/C43H66O14/c1-21-38(48)33(54-24(4)44)19-37(51-21)57-40-23(3)53-36(18-32(40)46)56-39-22(2)52-35(17-31(39)45)55-27-9-12-41(5)26(16-27)7-8-30-29(41)10-13-42(6)28(11-14-43(30,42)49)25-15-34(47)50-20-25/h15,21-23,26-33,35-40,45-46,48-49H,7-14,16-20H2,1-6H3/t21-,22-,23-,26+,27+,28+,29+,30-,31-,32-,33-,35+,36+,37+,38-,39-,40-,41+,42-,43+/m1/s1. The third-order valence-electron chi connectivity index (χ3n) is 16.2. The van der Waals surface area contributed by atoms with Gasteiger partial charge in [-0.05, 0) is 113 Å². The third-order valence-corrected chi connectivity index (χ3v) is 16.2. The highest BCUT2D eigenvalue weighted by Crippen LogP contribution is 2.70. The Kier molecular flexibility index (Phi) is 11.8. The molecule has 3 saturated heterocycles. The van der Waals surface area contributed by atoms with E-state index in [0.29, 0.717) is 18.4 Å². The Balaban J connectivity index is 0.819. The number of hydrogen-bond donors (Lipinski definition) is 4. The van der Waals surface area contributed by atoms with E-state index in [1.807, 2.05) is 6.92 Å². The summed E-state index contributed by atoms with van der Waals surface area (Å²) in [7, 11) is 0. The molecule has 14 heteroatoms. The van der Waals surface area contributed by atoms with Gasteiger partial charge in [0.05, 0.1) is 42.2 Å². The van der Waals surface area contributed by atoms with Gasteiger partial charge in [0.1, 0.15) is 31.0 Å². The van der Waals surface area contributed by atoms with E-state index in [-0.39, 0.29) is 54.0 Å². The van der Waals surface area contributed by atoms with Gasteiger partial charge in [-0.1, -0.05) is 13.8 Å². The zero-order valence-corrected chi connectivity index (χ0v) is 34.5. The van der Waals surface area contributed by atoms with Crippen molar-refractivity contribution in [3.63, 3.8) is 0 Å². The van der Waals surface area contributed by atoms with E-state index in [0.717, 1.165) is 63.4 Å². The lowest BCUT2D eigenvalue weighted by molar-refractivity contribution is -0.336. The maximum Gasteiger partial charge on any atom is 0.331 e. The van der Waals surface area contributed by atoms with Crippen molar-refractivity contribution >= 4 is 11.9 Å². The van der Waals surface area contributed by atoms with Crippen molar-refractivity contribution in [1.82, 2.24) is 0 Å². The normalized spacial score (nSPS) is 52.6. The first kappa shape index (κ1) is 42.0. The van der Waals surface area contributed by atoms with Gasteiger partial charge in [0.25, 0.3) is 0 Å². The molecule has 0 aromatic heterocycles. The molecule has 57 heavy (non-hydrogen) atoms. The van der Waals surface area contributed by atoms with E-state index < -0.39 is 85.4 Å². The summed E-state index contributed by atoms with van der Waals surface area (Å²) in [4.78, 5) is 23.5. The quantitative estimate of drug-likeness (QED) is 0.205. The van der Waals surface area contributed by atoms with Crippen LogP contribution in [0.1, 0.15) is 119 Å². The lowest BCUT2D eigenvalue weighted by atomic mass is 9.43. The number of ether oxygens (including phenoxy) is 8. The summed E-state index contributed by atoms with van der Waals surface area (Å²) in [5.41, 5.74) is 0.189. The highest BCUT2D eigenvalue weighted by Gasteiger charge is 2.68. The first-order valence-electron chi connectivity index (χ1n) is 21.7. The number of hydrogen-bond acceptors (Lipinski definition) is 14. The van der Waals surface area contributed by atoms with Crippen LogP contribution in [0.15, 0.2) is 11.6 Å². The number of aliphatic hydroxyl groups is 4. The first-order valence-corrected chi connectivity index (χ1v) is 21.7. The Labute approximate surface area is 336 Å². The third kappa shape index (κ3) is 7.65. The summed E-state index contributed by atoms with van der Waals surface area (Å²) >= 11 is 0. The van der Waals surface area contributed by atoms with Crippen molar-refractivity contribution in [3.05, 3.63) is 11.6 Å². The maximum atomic E-state index is 12.6. The van der Waals surface area contributed by atoms with Crippen LogP contribution in [0.25, 0.3) is 0 Å². The van der Waals surface area contributed by atoms with Crippen molar-refractivity contribution in [2.75, 3.05) is 6.61 Å². The van der Waals surface area contributed by atoms with E-state index in [4.69, 9.17) is 37.9 Å². The lowest BCUT2D eigenvalue weighted by Gasteiger charge is -2.64. The van der Waals surface area contributed by atoms with E-state index in [1.165, 1.54) is 6.92 Å². The van der Waals surface area contributed by atoms with Crippen LogP contribution >= 0.6 is 0 Å². The zero-order valence-electron chi connectivity index (χ0n) is 34.5. The van der Waals surface area contributed by atoms with Gasteiger partial charge >= 0.3 is 11.9 Å². The smallest absolute Gasteiger partial charge is 0.331 e. The minimum Gasteiger partial charge on any atom is -0.459 e. The van der Waals surface area contributed by atoms with Crippen molar-refractivity contribution in [3.8, 4) is 0 Å². The Hall–Kier alpha value is -1.72. The molecule has 0 unspecified atom stereocenters. The number of rotatable bonds is 8. The van der Waals surface area contributed by atoms with Crippen LogP contribution in [0.3, 0.4) is 0 Å². The van der Waals surface area contributed by atoms with Crippen molar-refractivity contribution < 1.29 is 67.9 Å². The summed E-state index contributed by atoms with van der Waals surface area (Å²) in [6.07, 6.45) is 1.76. The van der Waals surface area contributed by atoms with Crippen LogP contribution < -0.4 is 0 Å². The highest BCUT2D eigenvalue weighted by atomic mass is 16.7. The number of carbonyl (C=O) groups is 2. The molecule has 0 aromatic rings. The van der Waals surface area contributed by atoms with E-state index in [2.05, 4.69) is 13.8 Å². The van der Waals surface area contributed by atoms with Crippen LogP contribution in [0.2, 0.25) is 0 Å². The minimum atomic E-state index is -0.992. The monoisotopic (exact) mass is 806 g/mol. The molecular weight excluding hydrogens is 740 g/mol. The SMILES string of the molecule is CC(=O)O[C@@H]1C[C@H](O[C@H]2[C@H](O)C[C@H](O[C@H]3[C@H](O)C[C@H](O[C@H]4CC[C@@]5(C)[C@@H](CC[C@@H]6[C@@H]5CC[C@]5(C)[C@H](C7=CC(=O)OC7)CC[C@]65O)C4)O[C@@H]3C)O[C@@H]2C)O[C@H](C)[C@H]1O. The van der Waals surface area contributed by atoms with Crippen molar-refractivity contribution in [2.24, 2.45) is 34.5 Å². The van der Waals surface area contributed by atoms with Gasteiger partial charge in [-0.2, -0.15) is 0 Å². The second kappa shape index (κ2) is 16.0. The van der Waals surface area contributed by atoms with E-state index >= 15 is 0 Å². The van der Waals surface area contributed by atoms with Crippen LogP contribution in [0.5, 0.6) is 0 Å². The minimum absolute atomic E-state index is 0.0134. The molecule has 4 aliphatic carbocycles. The van der Waals surface area contributed by atoms with Gasteiger partial charge in [0, 0.05) is 37.7 Å². The fourth-order valence-electron chi connectivity index (χ4n) is 13.1. The van der Waals surface area contributed by atoms with Crippen molar-refractivity contribution in [2.45, 2.75) is 204 Å². The molecule has 322 valence electrons. The molecule has 8 aliphatic rings. The molecule has 20 atom stereocenters. The number of fused-ring (bicyclic) bond motifs is 5. The van der Waals surface area contributed by atoms with Gasteiger partial charge in [-0.25, -0.2) is 4.79 Å².